The van der Waals surface area contributed by atoms with E-state index in [9.17, 15) is 9.18 Å². The van der Waals surface area contributed by atoms with E-state index >= 15 is 0 Å². The Morgan fingerprint density at radius 3 is 2.48 bits per heavy atom. The van der Waals surface area contributed by atoms with Gasteiger partial charge in [0.1, 0.15) is 17.6 Å². The molecule has 2 aliphatic carbocycles. The molecule has 174 valence electrons. The summed E-state index contributed by atoms with van der Waals surface area (Å²) in [5.74, 6) is -0.216. The van der Waals surface area contributed by atoms with Crippen molar-refractivity contribution < 1.29 is 13.9 Å². The van der Waals surface area contributed by atoms with E-state index in [0.717, 1.165) is 31.2 Å². The van der Waals surface area contributed by atoms with Gasteiger partial charge in [0, 0.05) is 6.07 Å². The summed E-state index contributed by atoms with van der Waals surface area (Å²) in [7, 11) is 0. The summed E-state index contributed by atoms with van der Waals surface area (Å²) < 4.78 is 19.3. The Kier molecular flexibility index (Phi) is 7.81. The molecule has 2 aliphatic rings. The van der Waals surface area contributed by atoms with Crippen LogP contribution in [0.3, 0.4) is 0 Å². The Morgan fingerprint density at radius 1 is 1.03 bits per heavy atom. The highest BCUT2D eigenvalue weighted by Gasteiger charge is 2.30. The highest BCUT2D eigenvalue weighted by atomic mass is 19.1. The predicted octanol–water partition coefficient (Wildman–Crippen LogP) is 6.87. The second-order valence-electron chi connectivity index (χ2n) is 9.77. The maximum Gasteiger partial charge on any atom is 0.314 e. The third kappa shape index (κ3) is 5.64. The number of unbranched alkanes of at least 4 members (excludes halogenated alkanes) is 4. The maximum absolute atomic E-state index is 13.8. The number of hydrogen-bond acceptors (Lipinski definition) is 3. The molecule has 33 heavy (non-hydrogen) atoms. The van der Waals surface area contributed by atoms with E-state index in [1.165, 1.54) is 85.8 Å². The lowest BCUT2D eigenvalue weighted by Gasteiger charge is -2.31. The predicted molar refractivity (Wildman–Crippen MR) is 128 cm³/mol. The Bertz CT molecular complexity index is 1040. The number of esters is 1. The van der Waals surface area contributed by atoms with Crippen LogP contribution in [0.2, 0.25) is 0 Å². The number of carbonyl (C=O) groups is 1. The molecule has 2 aromatic rings. The van der Waals surface area contributed by atoms with Gasteiger partial charge in [-0.05, 0) is 78.8 Å². The van der Waals surface area contributed by atoms with Crippen molar-refractivity contribution >= 4 is 5.97 Å². The summed E-state index contributed by atoms with van der Waals surface area (Å²) in [6.07, 6.45) is 14.1. The number of ether oxygens (including phenoxy) is 1. The van der Waals surface area contributed by atoms with Gasteiger partial charge in [-0.1, -0.05) is 57.6 Å². The minimum absolute atomic E-state index is 0.0510. The fourth-order valence-corrected chi connectivity index (χ4v) is 5.58. The molecule has 2 atom stereocenters. The maximum atomic E-state index is 13.8. The van der Waals surface area contributed by atoms with Crippen molar-refractivity contribution in [3.63, 3.8) is 0 Å². The monoisotopic (exact) mass is 447 g/mol. The smallest absolute Gasteiger partial charge is 0.314 e. The Labute approximate surface area is 197 Å². The summed E-state index contributed by atoms with van der Waals surface area (Å²) in [6.45, 7) is 2.26. The van der Waals surface area contributed by atoms with Gasteiger partial charge in [0.05, 0.1) is 11.5 Å². The molecule has 0 saturated carbocycles. The molecule has 4 heteroatoms. The van der Waals surface area contributed by atoms with Gasteiger partial charge < -0.3 is 4.74 Å². The van der Waals surface area contributed by atoms with Crippen molar-refractivity contribution in [3.8, 4) is 11.8 Å². The largest absolute Gasteiger partial charge is 0.426 e. The summed E-state index contributed by atoms with van der Waals surface area (Å²) in [5, 5.41) is 8.86. The van der Waals surface area contributed by atoms with Crippen LogP contribution in [0, 0.1) is 29.0 Å². The number of carbonyl (C=O) groups excluding carboxylic acids is 1. The van der Waals surface area contributed by atoms with Gasteiger partial charge in [0.2, 0.25) is 0 Å². The van der Waals surface area contributed by atoms with Gasteiger partial charge >= 0.3 is 5.97 Å². The van der Waals surface area contributed by atoms with Crippen LogP contribution in [0.15, 0.2) is 30.3 Å². The van der Waals surface area contributed by atoms with E-state index in [1.54, 1.807) is 6.07 Å². The molecule has 0 fully saturated rings. The van der Waals surface area contributed by atoms with Crippen molar-refractivity contribution in [2.24, 2.45) is 11.8 Å². The summed E-state index contributed by atoms with van der Waals surface area (Å²) >= 11 is 0. The number of nitriles is 1. The minimum atomic E-state index is -0.664. The van der Waals surface area contributed by atoms with Crippen molar-refractivity contribution in [1.29, 1.82) is 5.26 Å². The summed E-state index contributed by atoms with van der Waals surface area (Å²) in [5.41, 5.74) is 5.74. The minimum Gasteiger partial charge on any atom is -0.426 e. The lowest BCUT2D eigenvalue weighted by Crippen LogP contribution is -2.28. The first-order chi connectivity index (χ1) is 16.1. The van der Waals surface area contributed by atoms with E-state index in [4.69, 9.17) is 10.00 Å². The first-order valence-electron chi connectivity index (χ1n) is 12.6. The Hall–Kier alpha value is -2.67. The molecule has 2 aromatic carbocycles. The first-order valence-corrected chi connectivity index (χ1v) is 12.6. The number of fused-ring (bicyclic) bond motifs is 3. The average Bonchev–Trinajstić information content (AvgIpc) is 2.83. The highest BCUT2D eigenvalue weighted by Crippen LogP contribution is 2.37. The summed E-state index contributed by atoms with van der Waals surface area (Å²) in [4.78, 5) is 12.7. The van der Waals surface area contributed by atoms with Gasteiger partial charge in [-0.15, -0.1) is 0 Å². The lowest BCUT2D eigenvalue weighted by atomic mass is 9.74. The third-order valence-corrected chi connectivity index (χ3v) is 7.47. The van der Waals surface area contributed by atoms with Crippen molar-refractivity contribution in [2.75, 3.05) is 0 Å². The Morgan fingerprint density at radius 2 is 1.76 bits per heavy atom. The SMILES string of the molecule is CCCCCCCC1CCc2c(ccc3c2CCC(C(=O)Oc2ccc(C#N)c(F)c2)C3)C1. The third-order valence-electron chi connectivity index (χ3n) is 7.47. The zero-order valence-corrected chi connectivity index (χ0v) is 19.7. The second kappa shape index (κ2) is 11.0. The molecule has 0 N–H and O–H groups in total. The van der Waals surface area contributed by atoms with Crippen LogP contribution in [0.1, 0.15) is 86.1 Å². The van der Waals surface area contributed by atoms with Crippen LogP contribution < -0.4 is 4.74 Å². The number of rotatable bonds is 8. The van der Waals surface area contributed by atoms with E-state index in [-0.39, 0.29) is 23.2 Å². The zero-order chi connectivity index (χ0) is 23.2. The van der Waals surface area contributed by atoms with Crippen LogP contribution >= 0.6 is 0 Å². The number of benzene rings is 2. The van der Waals surface area contributed by atoms with Crippen molar-refractivity contribution in [3.05, 3.63) is 64.0 Å². The van der Waals surface area contributed by atoms with E-state index < -0.39 is 5.82 Å². The van der Waals surface area contributed by atoms with Crippen LogP contribution in [0.4, 0.5) is 4.39 Å². The molecule has 0 saturated heterocycles. The van der Waals surface area contributed by atoms with Gasteiger partial charge in [-0.25, -0.2) is 4.39 Å². The van der Waals surface area contributed by atoms with Gasteiger partial charge in [-0.2, -0.15) is 5.26 Å². The average molecular weight is 448 g/mol. The Balaban J connectivity index is 1.35. The summed E-state index contributed by atoms with van der Waals surface area (Å²) in [6, 6.07) is 10.2. The zero-order valence-electron chi connectivity index (χ0n) is 19.7. The molecular weight excluding hydrogens is 413 g/mol. The van der Waals surface area contributed by atoms with Crippen LogP contribution in [-0.2, 0) is 30.5 Å². The quantitative estimate of drug-likeness (QED) is 0.252. The van der Waals surface area contributed by atoms with E-state index in [1.807, 2.05) is 0 Å². The van der Waals surface area contributed by atoms with Crippen LogP contribution in [0.5, 0.6) is 5.75 Å². The van der Waals surface area contributed by atoms with Gasteiger partial charge in [-0.3, -0.25) is 4.79 Å². The fraction of sp³-hybridized carbons (Fsp3) is 0.517. The first kappa shape index (κ1) is 23.5. The molecule has 0 bridgehead atoms. The molecule has 0 amide bonds. The molecule has 0 aliphatic heterocycles. The standard InChI is InChI=1S/C29H34FNO2/c1-2-3-4-5-6-7-20-8-14-26-21(16-20)9-10-22-17-23(12-15-27(22)26)29(32)33-25-13-11-24(19-31)28(30)18-25/h9-11,13,18,20,23H,2-8,12,14-17H2,1H3. The van der Waals surface area contributed by atoms with Gasteiger partial charge in [0.15, 0.2) is 0 Å². The van der Waals surface area contributed by atoms with E-state index in [0.29, 0.717) is 6.42 Å². The molecule has 0 heterocycles. The van der Waals surface area contributed by atoms with Crippen molar-refractivity contribution in [1.82, 2.24) is 0 Å². The molecule has 2 unspecified atom stereocenters. The highest BCUT2D eigenvalue weighted by molar-refractivity contribution is 5.76. The normalized spacial score (nSPS) is 19.3. The topological polar surface area (TPSA) is 50.1 Å². The number of halogens is 1. The lowest BCUT2D eigenvalue weighted by molar-refractivity contribution is -0.139. The van der Waals surface area contributed by atoms with Crippen LogP contribution in [-0.4, -0.2) is 5.97 Å². The molecule has 0 radical (unpaired) electrons. The van der Waals surface area contributed by atoms with Crippen LogP contribution in [0.25, 0.3) is 0 Å². The molecule has 3 nitrogen and oxygen atoms in total. The van der Waals surface area contributed by atoms with E-state index in [2.05, 4.69) is 19.1 Å². The number of hydrogen-bond donors (Lipinski definition) is 0. The van der Waals surface area contributed by atoms with Gasteiger partial charge in [0.25, 0.3) is 0 Å². The fourth-order valence-electron chi connectivity index (χ4n) is 5.58. The molecular formula is C29H34FNO2. The molecule has 0 spiro atoms. The number of nitrogens with zero attached hydrogens (tertiary/aromatic N) is 1. The molecule has 0 aromatic heterocycles. The van der Waals surface area contributed by atoms with Crippen molar-refractivity contribution in [2.45, 2.75) is 84.0 Å². The second-order valence-corrected chi connectivity index (χ2v) is 9.77. The molecule has 4 rings (SSSR count).